The second-order valence-corrected chi connectivity index (χ2v) is 7.71. The van der Waals surface area contributed by atoms with Gasteiger partial charge in [0.15, 0.2) is 0 Å². The number of ketones is 1. The van der Waals surface area contributed by atoms with Gasteiger partial charge in [0.25, 0.3) is 5.91 Å². The molecule has 1 fully saturated rings. The first kappa shape index (κ1) is 16.5. The van der Waals surface area contributed by atoms with Crippen LogP contribution >= 0.6 is 11.6 Å². The Morgan fingerprint density at radius 3 is 2.66 bits per heavy atom. The van der Waals surface area contributed by atoms with Gasteiger partial charge in [0, 0.05) is 41.0 Å². The summed E-state index contributed by atoms with van der Waals surface area (Å²) in [6.45, 7) is -0.475. The first-order valence-corrected chi connectivity index (χ1v) is 9.89. The van der Waals surface area contributed by atoms with Crippen molar-refractivity contribution in [3.8, 4) is 0 Å². The normalized spacial score (nSPS) is 26.3. The number of benzene rings is 2. The summed E-state index contributed by atoms with van der Waals surface area (Å²) in [7, 11) is 0. The van der Waals surface area contributed by atoms with Gasteiger partial charge in [-0.2, -0.15) is 8.78 Å². The fourth-order valence-electron chi connectivity index (χ4n) is 3.50. The van der Waals surface area contributed by atoms with Crippen LogP contribution in [0.3, 0.4) is 0 Å². The van der Waals surface area contributed by atoms with Crippen molar-refractivity contribution in [3.05, 3.63) is 69.7 Å². The van der Waals surface area contributed by atoms with Crippen molar-refractivity contribution in [2.45, 2.75) is 44.1 Å². The number of halogens is 3. The maximum atomic E-state index is 14.6. The molecule has 2 heterocycles. The van der Waals surface area contributed by atoms with Crippen LogP contribution in [0.25, 0.3) is 0 Å². The largest absolute Gasteiger partial charge is 0.330 e. The number of hydrogen-bond donors (Lipinski definition) is 1. The monoisotopic (exact) mass is 465 g/mol. The SMILES string of the molecule is [2H]C1([2H])C(=O)NC(=O)[C@@]([2H])(N2Cc3cc(CCC(=O)C(F)(F)c4ccc(Cl)cc4)ccc3C2=O)C1([2H])[2H]. The van der Waals surface area contributed by atoms with Crippen LogP contribution in [0.1, 0.15) is 53.1 Å². The highest BCUT2D eigenvalue weighted by Gasteiger charge is 2.41. The highest BCUT2D eigenvalue weighted by Crippen LogP contribution is 2.32. The van der Waals surface area contributed by atoms with E-state index in [1.54, 1.807) is 5.32 Å². The summed E-state index contributed by atoms with van der Waals surface area (Å²) in [6.07, 6.45) is -7.35. The van der Waals surface area contributed by atoms with E-state index in [4.69, 9.17) is 18.5 Å². The Kier molecular flexibility index (Phi) is 4.34. The van der Waals surface area contributed by atoms with Gasteiger partial charge < -0.3 is 4.90 Å². The number of carbonyl (C=O) groups excluding carboxylic acids is 4. The van der Waals surface area contributed by atoms with Crippen molar-refractivity contribution in [3.63, 3.8) is 0 Å². The fraction of sp³-hybridized carbons (Fsp3) is 0.304. The molecule has 32 heavy (non-hydrogen) atoms. The molecule has 6 nitrogen and oxygen atoms in total. The molecule has 2 aromatic carbocycles. The lowest BCUT2D eigenvalue weighted by atomic mass is 9.97. The molecule has 4 rings (SSSR count). The van der Waals surface area contributed by atoms with Gasteiger partial charge in [-0.25, -0.2) is 0 Å². The fourth-order valence-corrected chi connectivity index (χ4v) is 3.63. The average molecular weight is 466 g/mol. The molecule has 1 N–H and O–H groups in total. The lowest BCUT2D eigenvalue weighted by Crippen LogP contribution is -2.52. The van der Waals surface area contributed by atoms with Crippen LogP contribution in [0.2, 0.25) is 5.02 Å². The van der Waals surface area contributed by atoms with Gasteiger partial charge in [-0.1, -0.05) is 35.9 Å². The molecule has 3 amide bonds. The van der Waals surface area contributed by atoms with Gasteiger partial charge in [-0.15, -0.1) is 0 Å². The quantitative estimate of drug-likeness (QED) is 0.663. The van der Waals surface area contributed by atoms with Crippen molar-refractivity contribution in [1.82, 2.24) is 10.2 Å². The predicted octanol–water partition coefficient (Wildman–Crippen LogP) is 3.39. The summed E-state index contributed by atoms with van der Waals surface area (Å²) >= 11 is 5.71. The van der Waals surface area contributed by atoms with E-state index in [2.05, 4.69) is 0 Å². The van der Waals surface area contributed by atoms with Crippen LogP contribution in [0.5, 0.6) is 0 Å². The number of amides is 3. The van der Waals surface area contributed by atoms with Crippen LogP contribution in [0.4, 0.5) is 8.78 Å². The van der Waals surface area contributed by atoms with Crippen LogP contribution in [-0.2, 0) is 33.3 Å². The number of alkyl halides is 2. The molecule has 0 radical (unpaired) electrons. The zero-order valence-electron chi connectivity index (χ0n) is 21.4. The molecule has 0 unspecified atom stereocenters. The van der Waals surface area contributed by atoms with Crippen molar-refractivity contribution in [1.29, 1.82) is 0 Å². The van der Waals surface area contributed by atoms with Crippen molar-refractivity contribution in [2.24, 2.45) is 0 Å². The van der Waals surface area contributed by atoms with E-state index in [-0.39, 0.29) is 22.6 Å². The zero-order valence-corrected chi connectivity index (χ0v) is 17.1. The number of imide groups is 1. The number of fused-ring (bicyclic) bond motifs is 1. The maximum Gasteiger partial charge on any atom is 0.330 e. The topological polar surface area (TPSA) is 83.6 Å². The number of nitrogens with one attached hydrogen (secondary N) is 1. The number of nitrogens with zero attached hydrogens (tertiary/aromatic N) is 1. The molecular weight excluding hydrogens is 442 g/mol. The molecule has 166 valence electrons. The molecule has 9 heteroatoms. The summed E-state index contributed by atoms with van der Waals surface area (Å²) in [4.78, 5) is 50.2. The number of aryl methyl sites for hydroxylation is 1. The van der Waals surface area contributed by atoms with Crippen molar-refractivity contribution >= 4 is 35.1 Å². The lowest BCUT2D eigenvalue weighted by molar-refractivity contribution is -0.144. The minimum atomic E-state index is -3.75. The molecule has 2 aliphatic heterocycles. The van der Waals surface area contributed by atoms with Gasteiger partial charge in [-0.3, -0.25) is 24.5 Å². The van der Waals surface area contributed by atoms with Crippen molar-refractivity contribution < 1.29 is 34.8 Å². The molecule has 2 aliphatic rings. The Morgan fingerprint density at radius 1 is 1.22 bits per heavy atom. The minimum absolute atomic E-state index is 0.00532. The van der Waals surface area contributed by atoms with Gasteiger partial charge in [0.05, 0.1) is 1.37 Å². The van der Waals surface area contributed by atoms with E-state index in [1.807, 2.05) is 0 Å². The summed E-state index contributed by atoms with van der Waals surface area (Å²) < 4.78 is 69.5. The first-order chi connectivity index (χ1) is 17.0. The zero-order chi connectivity index (χ0) is 27.6. The van der Waals surface area contributed by atoms with E-state index < -0.39 is 66.7 Å². The predicted molar refractivity (Wildman–Crippen MR) is 111 cm³/mol. The third-order valence-corrected chi connectivity index (χ3v) is 5.43. The number of carbonyl (C=O) groups is 4. The molecule has 1 saturated heterocycles. The Balaban J connectivity index is 1.54. The van der Waals surface area contributed by atoms with Gasteiger partial charge in [-0.05, 0) is 42.1 Å². The Morgan fingerprint density at radius 2 is 1.94 bits per heavy atom. The smallest absolute Gasteiger partial charge is 0.322 e. The van der Waals surface area contributed by atoms with Gasteiger partial charge in [0.1, 0.15) is 6.02 Å². The highest BCUT2D eigenvalue weighted by molar-refractivity contribution is 6.30. The molecule has 0 saturated carbocycles. The molecule has 0 bridgehead atoms. The molecule has 0 spiro atoms. The van der Waals surface area contributed by atoms with Crippen LogP contribution in [0.15, 0.2) is 42.5 Å². The summed E-state index contributed by atoms with van der Waals surface area (Å²) in [5, 5.41) is 1.87. The van der Waals surface area contributed by atoms with E-state index in [0.717, 1.165) is 12.1 Å². The van der Waals surface area contributed by atoms with E-state index >= 15 is 0 Å². The molecule has 0 aromatic heterocycles. The number of piperidine rings is 1. The summed E-state index contributed by atoms with van der Waals surface area (Å²) in [5.74, 6) is -9.07. The minimum Gasteiger partial charge on any atom is -0.322 e. The second kappa shape index (κ2) is 8.43. The highest BCUT2D eigenvalue weighted by atomic mass is 35.5. The molecule has 1 atom stereocenters. The summed E-state index contributed by atoms with van der Waals surface area (Å²) in [5.41, 5.74) is 0.117. The van der Waals surface area contributed by atoms with E-state index in [1.165, 1.54) is 30.3 Å². The number of Topliss-reactive ketones (excluding diaryl/α,β-unsaturated/α-hetero) is 1. The third kappa shape index (κ3) is 4.14. The Labute approximate surface area is 194 Å². The Hall–Kier alpha value is -3.13. The average Bonchev–Trinajstić information content (AvgIpc) is 3.17. The molecule has 0 aliphatic carbocycles. The van der Waals surface area contributed by atoms with Crippen molar-refractivity contribution in [2.75, 3.05) is 0 Å². The lowest BCUT2D eigenvalue weighted by Gasteiger charge is -2.29. The van der Waals surface area contributed by atoms with Gasteiger partial charge >= 0.3 is 5.92 Å². The maximum absolute atomic E-state index is 14.6. The molecule has 2 aromatic rings. The van der Waals surface area contributed by atoms with E-state index in [0.29, 0.717) is 10.5 Å². The Bertz CT molecular complexity index is 1340. The standard InChI is InChI=1S/C23H19ClF2N2O4/c24-16-5-3-15(4-6-16)23(25,26)19(29)9-2-13-1-7-17-14(11-13)12-28(22(17)32)18-8-10-20(30)27-21(18)31/h1,3-7,11,18H,2,8-10,12H2,(H,27,30,31)/t18-/m0/s1/i8D2,10D2,18D. The van der Waals surface area contributed by atoms with Gasteiger partial charge in [0.2, 0.25) is 17.6 Å². The van der Waals surface area contributed by atoms with Crippen LogP contribution < -0.4 is 5.32 Å². The van der Waals surface area contributed by atoms with Crippen LogP contribution in [0, 0.1) is 0 Å². The first-order valence-electron chi connectivity index (χ1n) is 12.0. The summed E-state index contributed by atoms with van der Waals surface area (Å²) in [6, 6.07) is 5.62. The van der Waals surface area contributed by atoms with Crippen LogP contribution in [-0.4, -0.2) is 34.4 Å². The number of hydrogen-bond acceptors (Lipinski definition) is 4. The van der Waals surface area contributed by atoms with E-state index in [9.17, 15) is 28.0 Å². The second-order valence-electron chi connectivity index (χ2n) is 7.27. The molecular formula is C23H19ClF2N2O4. The number of rotatable bonds is 6. The third-order valence-electron chi connectivity index (χ3n) is 5.18.